The molecule has 0 radical (unpaired) electrons. The number of nitrogens with one attached hydrogen (secondary N) is 1. The van der Waals surface area contributed by atoms with Gasteiger partial charge in [-0.1, -0.05) is 12.1 Å². The summed E-state index contributed by atoms with van der Waals surface area (Å²) < 4.78 is 5.51. The molecule has 1 atom stereocenters. The molecule has 0 aliphatic rings. The molecule has 0 spiro atoms. The van der Waals surface area contributed by atoms with Crippen LogP contribution in [0.5, 0.6) is 0 Å². The van der Waals surface area contributed by atoms with Crippen LogP contribution in [-0.2, 0) is 11.3 Å². The second-order valence-electron chi connectivity index (χ2n) is 3.45. The zero-order valence-corrected chi connectivity index (χ0v) is 8.79. The van der Waals surface area contributed by atoms with Crippen LogP contribution in [0.25, 0.3) is 0 Å². The van der Waals surface area contributed by atoms with Gasteiger partial charge in [0.1, 0.15) is 0 Å². The van der Waals surface area contributed by atoms with Gasteiger partial charge in [-0.15, -0.1) is 0 Å². The van der Waals surface area contributed by atoms with Crippen LogP contribution < -0.4 is 11.1 Å². The zero-order valence-electron chi connectivity index (χ0n) is 8.79. The van der Waals surface area contributed by atoms with Gasteiger partial charge in [0, 0.05) is 11.7 Å². The normalized spacial score (nSPS) is 12.7. The summed E-state index contributed by atoms with van der Waals surface area (Å²) >= 11 is 0. The SMILES string of the molecule is CN[C@H](C)COCc1cccc(N)c1. The average Bonchev–Trinajstić information content (AvgIpc) is 2.17. The Balaban J connectivity index is 2.31. The fraction of sp³-hybridized carbons (Fsp3) is 0.455. The maximum Gasteiger partial charge on any atom is 0.0718 e. The Hall–Kier alpha value is -1.06. The van der Waals surface area contributed by atoms with Crippen LogP contribution in [0.1, 0.15) is 12.5 Å². The third-order valence-electron chi connectivity index (χ3n) is 2.08. The highest BCUT2D eigenvalue weighted by Crippen LogP contribution is 2.07. The van der Waals surface area contributed by atoms with Crippen molar-refractivity contribution < 1.29 is 4.74 Å². The molecule has 1 rings (SSSR count). The van der Waals surface area contributed by atoms with Crippen molar-refractivity contribution in [2.45, 2.75) is 19.6 Å². The molecule has 1 aromatic rings. The Morgan fingerprint density at radius 3 is 2.93 bits per heavy atom. The molecule has 3 nitrogen and oxygen atoms in total. The minimum Gasteiger partial charge on any atom is -0.399 e. The number of nitrogen functional groups attached to an aromatic ring is 1. The first kappa shape index (κ1) is 11.0. The van der Waals surface area contributed by atoms with Crippen molar-refractivity contribution in [3.63, 3.8) is 0 Å². The van der Waals surface area contributed by atoms with E-state index in [1.165, 1.54) is 0 Å². The molecule has 0 saturated heterocycles. The van der Waals surface area contributed by atoms with E-state index in [0.717, 1.165) is 11.3 Å². The minimum absolute atomic E-state index is 0.385. The monoisotopic (exact) mass is 194 g/mol. The van der Waals surface area contributed by atoms with E-state index in [4.69, 9.17) is 10.5 Å². The standard InChI is InChI=1S/C11H18N2O/c1-9(13-2)7-14-8-10-4-3-5-11(12)6-10/h3-6,9,13H,7-8,12H2,1-2H3/t9-/m1/s1. The number of nitrogens with two attached hydrogens (primary N) is 1. The lowest BCUT2D eigenvalue weighted by Crippen LogP contribution is -2.26. The molecule has 0 aliphatic carbocycles. The Morgan fingerprint density at radius 1 is 1.50 bits per heavy atom. The smallest absolute Gasteiger partial charge is 0.0718 e. The predicted molar refractivity (Wildman–Crippen MR) is 59.0 cm³/mol. The largest absolute Gasteiger partial charge is 0.399 e. The molecule has 0 saturated carbocycles. The van der Waals surface area contributed by atoms with Crippen molar-refractivity contribution >= 4 is 5.69 Å². The van der Waals surface area contributed by atoms with E-state index in [1.807, 2.05) is 31.3 Å². The predicted octanol–water partition coefficient (Wildman–Crippen LogP) is 1.39. The second kappa shape index (κ2) is 5.62. The van der Waals surface area contributed by atoms with E-state index in [9.17, 15) is 0 Å². The molecule has 3 heteroatoms. The molecule has 0 heterocycles. The molecule has 3 N–H and O–H groups in total. The number of likely N-dealkylation sites (N-methyl/N-ethyl adjacent to an activating group) is 1. The molecule has 0 amide bonds. The number of rotatable bonds is 5. The molecule has 0 aliphatic heterocycles. The summed E-state index contributed by atoms with van der Waals surface area (Å²) in [4.78, 5) is 0. The first-order valence-corrected chi connectivity index (χ1v) is 4.82. The number of hydrogen-bond donors (Lipinski definition) is 2. The van der Waals surface area contributed by atoms with E-state index in [2.05, 4.69) is 12.2 Å². The van der Waals surface area contributed by atoms with E-state index < -0.39 is 0 Å². The third kappa shape index (κ3) is 3.77. The van der Waals surface area contributed by atoms with Crippen LogP contribution in [0.4, 0.5) is 5.69 Å². The molecule has 0 fully saturated rings. The van der Waals surface area contributed by atoms with E-state index in [1.54, 1.807) is 0 Å². The van der Waals surface area contributed by atoms with Gasteiger partial charge in [-0.25, -0.2) is 0 Å². The Morgan fingerprint density at radius 2 is 2.29 bits per heavy atom. The van der Waals surface area contributed by atoms with Crippen molar-refractivity contribution in [2.75, 3.05) is 19.4 Å². The zero-order chi connectivity index (χ0) is 10.4. The lowest BCUT2D eigenvalue weighted by molar-refractivity contribution is 0.105. The van der Waals surface area contributed by atoms with Crippen LogP contribution in [0.15, 0.2) is 24.3 Å². The number of hydrogen-bond acceptors (Lipinski definition) is 3. The first-order chi connectivity index (χ1) is 6.72. The fourth-order valence-corrected chi connectivity index (χ4v) is 1.12. The van der Waals surface area contributed by atoms with Crippen molar-refractivity contribution in [3.8, 4) is 0 Å². The maximum atomic E-state index is 5.65. The van der Waals surface area contributed by atoms with Crippen molar-refractivity contribution in [1.82, 2.24) is 5.32 Å². The first-order valence-electron chi connectivity index (χ1n) is 4.82. The number of anilines is 1. The average molecular weight is 194 g/mol. The molecule has 0 unspecified atom stereocenters. The van der Waals surface area contributed by atoms with Crippen molar-refractivity contribution in [3.05, 3.63) is 29.8 Å². The van der Waals surface area contributed by atoms with Crippen LogP contribution >= 0.6 is 0 Å². The number of benzene rings is 1. The van der Waals surface area contributed by atoms with E-state index in [-0.39, 0.29) is 0 Å². The summed E-state index contributed by atoms with van der Waals surface area (Å²) in [6.07, 6.45) is 0. The molecule has 1 aromatic carbocycles. The lowest BCUT2D eigenvalue weighted by Gasteiger charge is -2.10. The van der Waals surface area contributed by atoms with Gasteiger partial charge in [0.2, 0.25) is 0 Å². The molecular weight excluding hydrogens is 176 g/mol. The summed E-state index contributed by atoms with van der Waals surface area (Å²) in [5, 5.41) is 3.11. The molecular formula is C11H18N2O. The van der Waals surface area contributed by atoms with Gasteiger partial charge < -0.3 is 15.8 Å². The molecule has 0 aromatic heterocycles. The summed E-state index contributed by atoms with van der Waals surface area (Å²) in [5.74, 6) is 0. The highest BCUT2D eigenvalue weighted by Gasteiger charge is 1.98. The highest BCUT2D eigenvalue weighted by molar-refractivity contribution is 5.40. The second-order valence-corrected chi connectivity index (χ2v) is 3.45. The van der Waals surface area contributed by atoms with Crippen LogP contribution in [-0.4, -0.2) is 19.7 Å². The Labute approximate surface area is 85.3 Å². The van der Waals surface area contributed by atoms with Gasteiger partial charge in [-0.3, -0.25) is 0 Å². The van der Waals surface area contributed by atoms with Crippen LogP contribution in [0.3, 0.4) is 0 Å². The highest BCUT2D eigenvalue weighted by atomic mass is 16.5. The van der Waals surface area contributed by atoms with Gasteiger partial charge in [0.05, 0.1) is 13.2 Å². The van der Waals surface area contributed by atoms with Gasteiger partial charge in [-0.2, -0.15) is 0 Å². The summed E-state index contributed by atoms with van der Waals surface area (Å²) in [6.45, 7) is 3.42. The van der Waals surface area contributed by atoms with Gasteiger partial charge in [-0.05, 0) is 31.7 Å². The van der Waals surface area contributed by atoms with Gasteiger partial charge in [0.15, 0.2) is 0 Å². The van der Waals surface area contributed by atoms with Gasteiger partial charge >= 0.3 is 0 Å². The fourth-order valence-electron chi connectivity index (χ4n) is 1.12. The quantitative estimate of drug-likeness (QED) is 0.696. The van der Waals surface area contributed by atoms with E-state index >= 15 is 0 Å². The molecule has 78 valence electrons. The number of ether oxygens (including phenoxy) is 1. The van der Waals surface area contributed by atoms with Crippen LogP contribution in [0, 0.1) is 0 Å². The van der Waals surface area contributed by atoms with Crippen molar-refractivity contribution in [2.24, 2.45) is 0 Å². The lowest BCUT2D eigenvalue weighted by atomic mass is 10.2. The summed E-state index contributed by atoms with van der Waals surface area (Å²) in [6, 6.07) is 8.15. The van der Waals surface area contributed by atoms with Crippen LogP contribution in [0.2, 0.25) is 0 Å². The third-order valence-corrected chi connectivity index (χ3v) is 2.08. The summed E-state index contributed by atoms with van der Waals surface area (Å²) in [7, 11) is 1.93. The molecule has 0 bridgehead atoms. The Bertz CT molecular complexity index is 276. The van der Waals surface area contributed by atoms with Crippen molar-refractivity contribution in [1.29, 1.82) is 0 Å². The topological polar surface area (TPSA) is 47.3 Å². The maximum absolute atomic E-state index is 5.65. The van der Waals surface area contributed by atoms with E-state index in [0.29, 0.717) is 19.3 Å². The minimum atomic E-state index is 0.385. The molecule has 14 heavy (non-hydrogen) atoms. The Kier molecular flexibility index (Phi) is 4.43. The summed E-state index contributed by atoms with van der Waals surface area (Å²) in [5.41, 5.74) is 7.55. The van der Waals surface area contributed by atoms with Gasteiger partial charge in [0.25, 0.3) is 0 Å².